The van der Waals surface area contributed by atoms with Gasteiger partial charge >= 0.3 is 0 Å². The third-order valence-electron chi connectivity index (χ3n) is 5.71. The van der Waals surface area contributed by atoms with E-state index in [0.29, 0.717) is 18.8 Å². The highest BCUT2D eigenvalue weighted by Crippen LogP contribution is 2.35. The Hall–Kier alpha value is -3.39. The zero-order chi connectivity index (χ0) is 23.0. The highest BCUT2D eigenvalue weighted by molar-refractivity contribution is 5.93. The summed E-state index contributed by atoms with van der Waals surface area (Å²) in [5.41, 5.74) is 2.58. The molecule has 2 aromatic heterocycles. The Morgan fingerprint density at radius 1 is 1.03 bits per heavy atom. The Balaban J connectivity index is 1.42. The number of nitrogens with one attached hydrogen (secondary N) is 1. The van der Waals surface area contributed by atoms with E-state index < -0.39 is 0 Å². The number of hydrogen-bond acceptors (Lipinski definition) is 6. The first-order valence-corrected chi connectivity index (χ1v) is 11.5. The lowest BCUT2D eigenvalue weighted by Crippen LogP contribution is -2.44. The smallest absolute Gasteiger partial charge is 0.254 e. The van der Waals surface area contributed by atoms with Gasteiger partial charge in [0.05, 0.1) is 18.8 Å². The molecule has 1 N–H and O–H groups in total. The molecule has 0 bridgehead atoms. The molecule has 8 nitrogen and oxygen atoms in total. The maximum atomic E-state index is 12.4. The molecule has 1 fully saturated rings. The molecule has 8 heteroatoms. The molecule has 0 saturated carbocycles. The van der Waals surface area contributed by atoms with Crippen LogP contribution < -0.4 is 14.8 Å². The molecular formula is C25H31N5O3. The van der Waals surface area contributed by atoms with Gasteiger partial charge in [0, 0.05) is 50.5 Å². The van der Waals surface area contributed by atoms with Crippen molar-refractivity contribution in [3.8, 4) is 17.2 Å². The van der Waals surface area contributed by atoms with Crippen LogP contribution in [0.5, 0.6) is 11.5 Å². The van der Waals surface area contributed by atoms with Crippen LogP contribution in [-0.4, -0.2) is 57.7 Å². The minimum Gasteiger partial charge on any atom is -0.492 e. The topological polar surface area (TPSA) is 81.5 Å². The fourth-order valence-corrected chi connectivity index (χ4v) is 4.18. The summed E-state index contributed by atoms with van der Waals surface area (Å²) in [6.07, 6.45) is 10.3. The van der Waals surface area contributed by atoms with Gasteiger partial charge in [0.2, 0.25) is 0 Å². The van der Waals surface area contributed by atoms with Crippen molar-refractivity contribution in [1.82, 2.24) is 24.8 Å². The first-order chi connectivity index (χ1) is 16.2. The molecule has 3 aromatic rings. The number of nitrogens with zero attached hydrogens (tertiary/aromatic N) is 4. The van der Waals surface area contributed by atoms with Crippen molar-refractivity contribution in [2.45, 2.75) is 39.3 Å². The number of likely N-dealkylation sites (tertiary alicyclic amines) is 1. The highest BCUT2D eigenvalue weighted by atomic mass is 16.5. The van der Waals surface area contributed by atoms with Gasteiger partial charge in [-0.1, -0.05) is 0 Å². The van der Waals surface area contributed by atoms with Gasteiger partial charge in [-0.25, -0.2) is 9.97 Å². The number of piperidine rings is 1. The molecule has 33 heavy (non-hydrogen) atoms. The van der Waals surface area contributed by atoms with Gasteiger partial charge in [-0.2, -0.15) is 0 Å². The van der Waals surface area contributed by atoms with Crippen LogP contribution in [0.15, 0.2) is 55.4 Å². The number of carbonyl (C=O) groups is 1. The Morgan fingerprint density at radius 3 is 2.21 bits per heavy atom. The van der Waals surface area contributed by atoms with Gasteiger partial charge in [0.15, 0.2) is 0 Å². The fraction of sp³-hybridized carbons (Fsp3) is 0.400. The van der Waals surface area contributed by atoms with E-state index in [2.05, 4.69) is 32.3 Å². The summed E-state index contributed by atoms with van der Waals surface area (Å²) in [6.45, 7) is 7.77. The molecule has 3 heterocycles. The van der Waals surface area contributed by atoms with E-state index in [1.165, 1.54) is 6.33 Å². The van der Waals surface area contributed by atoms with Gasteiger partial charge in [0.25, 0.3) is 5.91 Å². The van der Waals surface area contributed by atoms with E-state index >= 15 is 0 Å². The van der Waals surface area contributed by atoms with Gasteiger partial charge < -0.3 is 19.4 Å². The van der Waals surface area contributed by atoms with E-state index in [1.54, 1.807) is 12.4 Å². The molecule has 0 unspecified atom stereocenters. The van der Waals surface area contributed by atoms with Crippen LogP contribution in [0.1, 0.15) is 42.6 Å². The number of amides is 1. The zero-order valence-electron chi connectivity index (χ0n) is 19.2. The first kappa shape index (κ1) is 22.8. The zero-order valence-corrected chi connectivity index (χ0v) is 19.2. The van der Waals surface area contributed by atoms with E-state index in [0.717, 1.165) is 55.2 Å². The SMILES string of the molecule is CCOc1cc(CN2CCC(NC(=O)c3cncnc3)CC2)cc(OCC)c1-n1cccc1. The Labute approximate surface area is 194 Å². The molecule has 4 rings (SSSR count). The molecule has 1 aromatic carbocycles. The van der Waals surface area contributed by atoms with Crippen molar-refractivity contribution in [1.29, 1.82) is 0 Å². The predicted molar refractivity (Wildman–Crippen MR) is 126 cm³/mol. The van der Waals surface area contributed by atoms with Gasteiger partial charge in [-0.15, -0.1) is 0 Å². The predicted octanol–water partition coefficient (Wildman–Crippen LogP) is 3.46. The van der Waals surface area contributed by atoms with E-state index in [9.17, 15) is 4.79 Å². The standard InChI is InChI=1S/C25H31N5O3/c1-3-32-22-13-19(14-23(33-4-2)24(22)30-9-5-6-10-30)17-29-11-7-21(8-12-29)28-25(31)20-15-26-18-27-16-20/h5-6,9-10,13-16,18,21H,3-4,7-8,11-12,17H2,1-2H3,(H,28,31). The van der Waals surface area contributed by atoms with Gasteiger partial charge in [-0.3, -0.25) is 9.69 Å². The van der Waals surface area contributed by atoms with Crippen molar-refractivity contribution >= 4 is 5.91 Å². The quantitative estimate of drug-likeness (QED) is 0.539. The van der Waals surface area contributed by atoms with Crippen LogP contribution in [0.2, 0.25) is 0 Å². The summed E-state index contributed by atoms with van der Waals surface area (Å²) in [4.78, 5) is 22.6. The molecule has 1 saturated heterocycles. The largest absolute Gasteiger partial charge is 0.492 e. The summed E-state index contributed by atoms with van der Waals surface area (Å²) in [6, 6.07) is 8.37. The number of rotatable bonds is 9. The molecule has 0 radical (unpaired) electrons. The summed E-state index contributed by atoms with van der Waals surface area (Å²) >= 11 is 0. The monoisotopic (exact) mass is 449 g/mol. The number of aromatic nitrogens is 3. The fourth-order valence-electron chi connectivity index (χ4n) is 4.18. The average molecular weight is 450 g/mol. The molecule has 174 valence electrons. The molecule has 0 atom stereocenters. The normalized spacial score (nSPS) is 14.7. The molecule has 0 aliphatic carbocycles. The highest BCUT2D eigenvalue weighted by Gasteiger charge is 2.23. The third kappa shape index (κ3) is 5.70. The molecule has 1 amide bonds. The molecule has 1 aliphatic heterocycles. The maximum Gasteiger partial charge on any atom is 0.254 e. The van der Waals surface area contributed by atoms with E-state index in [-0.39, 0.29) is 11.9 Å². The van der Waals surface area contributed by atoms with E-state index in [1.807, 2.05) is 42.9 Å². The van der Waals surface area contributed by atoms with Crippen LogP contribution >= 0.6 is 0 Å². The summed E-state index contributed by atoms with van der Waals surface area (Å²) in [7, 11) is 0. The second-order valence-electron chi connectivity index (χ2n) is 8.05. The second-order valence-corrected chi connectivity index (χ2v) is 8.05. The number of benzene rings is 1. The van der Waals surface area contributed by atoms with Crippen molar-refractivity contribution in [2.75, 3.05) is 26.3 Å². The lowest BCUT2D eigenvalue weighted by molar-refractivity contribution is 0.0908. The van der Waals surface area contributed by atoms with Gasteiger partial charge in [-0.05, 0) is 56.5 Å². The number of carbonyl (C=O) groups excluding carboxylic acids is 1. The van der Waals surface area contributed by atoms with Crippen LogP contribution in [0.3, 0.4) is 0 Å². The third-order valence-corrected chi connectivity index (χ3v) is 5.71. The lowest BCUT2D eigenvalue weighted by Gasteiger charge is -2.32. The Bertz CT molecular complexity index is 1000. The molecule has 1 aliphatic rings. The minimum absolute atomic E-state index is 0.114. The van der Waals surface area contributed by atoms with Crippen LogP contribution in [0, 0.1) is 0 Å². The number of ether oxygens (including phenoxy) is 2. The maximum absolute atomic E-state index is 12.4. The van der Waals surface area contributed by atoms with Crippen LogP contribution in [0.4, 0.5) is 0 Å². The molecule has 0 spiro atoms. The van der Waals surface area contributed by atoms with Gasteiger partial charge in [0.1, 0.15) is 23.5 Å². The molecular weight excluding hydrogens is 418 g/mol. The van der Waals surface area contributed by atoms with Crippen LogP contribution in [0.25, 0.3) is 5.69 Å². The minimum atomic E-state index is -0.114. The van der Waals surface area contributed by atoms with Crippen molar-refractivity contribution < 1.29 is 14.3 Å². The summed E-state index contributed by atoms with van der Waals surface area (Å²) in [5.74, 6) is 1.53. The Morgan fingerprint density at radius 2 is 1.64 bits per heavy atom. The van der Waals surface area contributed by atoms with Crippen molar-refractivity contribution in [3.63, 3.8) is 0 Å². The average Bonchev–Trinajstić information content (AvgIpc) is 3.36. The first-order valence-electron chi connectivity index (χ1n) is 11.5. The Kier molecular flexibility index (Phi) is 7.57. The van der Waals surface area contributed by atoms with Crippen LogP contribution in [-0.2, 0) is 6.54 Å². The van der Waals surface area contributed by atoms with Crippen molar-refractivity contribution in [2.24, 2.45) is 0 Å². The summed E-state index contributed by atoms with van der Waals surface area (Å²) in [5, 5.41) is 3.11. The number of hydrogen-bond donors (Lipinski definition) is 1. The van der Waals surface area contributed by atoms with E-state index in [4.69, 9.17) is 9.47 Å². The van der Waals surface area contributed by atoms with Crippen molar-refractivity contribution in [3.05, 3.63) is 66.5 Å². The summed E-state index contributed by atoms with van der Waals surface area (Å²) < 4.78 is 14.0. The second kappa shape index (κ2) is 11.0. The lowest BCUT2D eigenvalue weighted by atomic mass is 10.0.